The molecule has 1 rings (SSSR count). The van der Waals surface area contributed by atoms with E-state index in [1.165, 1.54) is 0 Å². The molecule has 64 valence electrons. The van der Waals surface area contributed by atoms with Crippen LogP contribution in [-0.4, -0.2) is 23.7 Å². The lowest BCUT2D eigenvalue weighted by atomic mass is 10.4. The first-order chi connectivity index (χ1) is 5.69. The number of aromatic nitrogens is 2. The Bertz CT molecular complexity index is 307. The molecule has 5 heteroatoms. The molecule has 0 amide bonds. The fourth-order valence-electron chi connectivity index (χ4n) is 0.919. The van der Waals surface area contributed by atoms with Crippen LogP contribution in [-0.2, 0) is 0 Å². The van der Waals surface area contributed by atoms with Crippen molar-refractivity contribution in [3.05, 3.63) is 5.82 Å². The maximum atomic E-state index is 5.58. The van der Waals surface area contributed by atoms with Crippen LogP contribution in [0.5, 0.6) is 0 Å². The third kappa shape index (κ3) is 1.34. The Hall–Kier alpha value is -1.65. The summed E-state index contributed by atoms with van der Waals surface area (Å²) >= 11 is 0. The lowest BCUT2D eigenvalue weighted by Gasteiger charge is -2.05. The minimum Gasteiger partial charge on any atom is -0.382 e. The van der Waals surface area contributed by atoms with Crippen LogP contribution in [0, 0.1) is 6.92 Å². The maximum Gasteiger partial charge on any atom is 0.157 e. The van der Waals surface area contributed by atoms with Crippen molar-refractivity contribution >= 4 is 24.0 Å². The summed E-state index contributed by atoms with van der Waals surface area (Å²) in [7, 11) is 1.75. The first kappa shape index (κ1) is 8.45. The van der Waals surface area contributed by atoms with Gasteiger partial charge in [0.2, 0.25) is 0 Å². The molecule has 0 spiro atoms. The SMILES string of the molecule is C=Nc1c(N)nc(C)nc1NC. The molecule has 0 saturated heterocycles. The molecule has 0 atom stereocenters. The molecule has 0 bridgehead atoms. The van der Waals surface area contributed by atoms with Crippen LogP contribution in [0.2, 0.25) is 0 Å². The largest absolute Gasteiger partial charge is 0.382 e. The minimum absolute atomic E-state index is 0.349. The molecule has 0 aliphatic rings. The van der Waals surface area contributed by atoms with Gasteiger partial charge in [0.15, 0.2) is 11.6 Å². The first-order valence-corrected chi connectivity index (χ1v) is 3.47. The number of nitrogens with one attached hydrogen (secondary N) is 1. The highest BCUT2D eigenvalue weighted by atomic mass is 15.1. The topological polar surface area (TPSA) is 76.2 Å². The van der Waals surface area contributed by atoms with Crippen LogP contribution in [0.4, 0.5) is 17.3 Å². The van der Waals surface area contributed by atoms with Crippen LogP contribution in [0.25, 0.3) is 0 Å². The van der Waals surface area contributed by atoms with E-state index < -0.39 is 0 Å². The molecule has 0 aliphatic carbocycles. The highest BCUT2D eigenvalue weighted by molar-refractivity contribution is 5.73. The van der Waals surface area contributed by atoms with Crippen LogP contribution in [0.3, 0.4) is 0 Å². The number of nitrogen functional groups attached to an aromatic ring is 1. The summed E-state index contributed by atoms with van der Waals surface area (Å²) in [6.45, 7) is 5.15. The Morgan fingerprint density at radius 2 is 2.17 bits per heavy atom. The van der Waals surface area contributed by atoms with E-state index in [9.17, 15) is 0 Å². The van der Waals surface area contributed by atoms with Gasteiger partial charge >= 0.3 is 0 Å². The summed E-state index contributed by atoms with van der Waals surface area (Å²) in [6, 6.07) is 0. The third-order valence-electron chi connectivity index (χ3n) is 1.42. The predicted molar refractivity (Wildman–Crippen MR) is 49.9 cm³/mol. The van der Waals surface area contributed by atoms with E-state index in [2.05, 4.69) is 27.0 Å². The number of rotatable bonds is 2. The van der Waals surface area contributed by atoms with Crippen molar-refractivity contribution in [3.63, 3.8) is 0 Å². The van der Waals surface area contributed by atoms with E-state index in [0.29, 0.717) is 23.1 Å². The molecular formula is C7H11N5. The van der Waals surface area contributed by atoms with Crippen molar-refractivity contribution < 1.29 is 0 Å². The van der Waals surface area contributed by atoms with E-state index in [4.69, 9.17) is 5.73 Å². The first-order valence-electron chi connectivity index (χ1n) is 3.47. The molecule has 0 aromatic carbocycles. The van der Waals surface area contributed by atoms with Crippen molar-refractivity contribution in [1.29, 1.82) is 0 Å². The van der Waals surface area contributed by atoms with Gasteiger partial charge in [-0.1, -0.05) is 0 Å². The van der Waals surface area contributed by atoms with Crippen LogP contribution < -0.4 is 11.1 Å². The van der Waals surface area contributed by atoms with Gasteiger partial charge in [0.1, 0.15) is 11.5 Å². The Kier molecular flexibility index (Phi) is 2.23. The molecule has 5 nitrogen and oxygen atoms in total. The fourth-order valence-corrected chi connectivity index (χ4v) is 0.919. The van der Waals surface area contributed by atoms with Gasteiger partial charge in [-0.05, 0) is 13.6 Å². The van der Waals surface area contributed by atoms with E-state index in [0.717, 1.165) is 0 Å². The van der Waals surface area contributed by atoms with Crippen molar-refractivity contribution in [2.24, 2.45) is 4.99 Å². The zero-order valence-electron chi connectivity index (χ0n) is 7.13. The number of aliphatic imine (C=N–C) groups is 1. The fraction of sp³-hybridized carbons (Fsp3) is 0.286. The summed E-state index contributed by atoms with van der Waals surface area (Å²) in [4.78, 5) is 11.8. The molecule has 0 saturated carbocycles. The summed E-state index contributed by atoms with van der Waals surface area (Å²) in [5, 5.41) is 2.86. The number of aryl methyl sites for hydroxylation is 1. The Morgan fingerprint density at radius 1 is 1.50 bits per heavy atom. The monoisotopic (exact) mass is 165 g/mol. The normalized spacial score (nSPS) is 9.50. The summed E-state index contributed by atoms with van der Waals surface area (Å²) in [5.41, 5.74) is 6.09. The van der Waals surface area contributed by atoms with Gasteiger partial charge in [-0.3, -0.25) is 4.99 Å². The van der Waals surface area contributed by atoms with Crippen molar-refractivity contribution in [2.75, 3.05) is 18.1 Å². The second-order valence-corrected chi connectivity index (χ2v) is 2.26. The molecule has 12 heavy (non-hydrogen) atoms. The van der Waals surface area contributed by atoms with E-state index in [1.54, 1.807) is 14.0 Å². The number of hydrogen-bond acceptors (Lipinski definition) is 5. The molecule has 0 unspecified atom stereocenters. The number of hydrogen-bond donors (Lipinski definition) is 2. The minimum atomic E-state index is 0.349. The molecule has 0 fully saturated rings. The molecule has 0 radical (unpaired) electrons. The van der Waals surface area contributed by atoms with Gasteiger partial charge in [-0.15, -0.1) is 0 Å². The maximum absolute atomic E-state index is 5.58. The van der Waals surface area contributed by atoms with Crippen molar-refractivity contribution in [3.8, 4) is 0 Å². The number of nitrogens with zero attached hydrogens (tertiary/aromatic N) is 3. The zero-order chi connectivity index (χ0) is 9.14. The van der Waals surface area contributed by atoms with E-state index in [-0.39, 0.29) is 0 Å². The molecule has 1 heterocycles. The Labute approximate surface area is 70.8 Å². The van der Waals surface area contributed by atoms with Crippen molar-refractivity contribution in [2.45, 2.75) is 6.92 Å². The third-order valence-corrected chi connectivity index (χ3v) is 1.42. The van der Waals surface area contributed by atoms with E-state index in [1.807, 2.05) is 0 Å². The van der Waals surface area contributed by atoms with Crippen LogP contribution in [0.15, 0.2) is 4.99 Å². The average Bonchev–Trinajstić information content (AvgIpc) is 2.03. The van der Waals surface area contributed by atoms with Gasteiger partial charge in [0, 0.05) is 7.05 Å². The Morgan fingerprint density at radius 3 is 2.67 bits per heavy atom. The average molecular weight is 165 g/mol. The molecule has 1 aromatic rings. The van der Waals surface area contributed by atoms with Gasteiger partial charge in [-0.2, -0.15) is 0 Å². The zero-order valence-corrected chi connectivity index (χ0v) is 7.13. The van der Waals surface area contributed by atoms with Crippen molar-refractivity contribution in [1.82, 2.24) is 9.97 Å². The predicted octanol–water partition coefficient (Wildman–Crippen LogP) is 0.741. The van der Waals surface area contributed by atoms with Gasteiger partial charge in [0.05, 0.1) is 0 Å². The highest BCUT2D eigenvalue weighted by Gasteiger charge is 2.06. The molecule has 1 aromatic heterocycles. The summed E-state index contributed by atoms with van der Waals surface area (Å²) in [5.74, 6) is 1.57. The lowest BCUT2D eigenvalue weighted by molar-refractivity contribution is 1.06. The smallest absolute Gasteiger partial charge is 0.157 e. The van der Waals surface area contributed by atoms with Gasteiger partial charge in [-0.25, -0.2) is 9.97 Å². The standard InChI is InChI=1S/C7H11N5/c1-4-11-6(8)5(9-2)7(10-3)12-4/h2H2,1,3H3,(H3,8,10,11,12). The quantitative estimate of drug-likeness (QED) is 0.634. The summed E-state index contributed by atoms with van der Waals surface area (Å²) < 4.78 is 0. The van der Waals surface area contributed by atoms with Gasteiger partial charge in [0.25, 0.3) is 0 Å². The van der Waals surface area contributed by atoms with E-state index >= 15 is 0 Å². The lowest BCUT2D eigenvalue weighted by Crippen LogP contribution is -2.01. The summed E-state index contributed by atoms with van der Waals surface area (Å²) in [6.07, 6.45) is 0. The van der Waals surface area contributed by atoms with Crippen LogP contribution in [0.1, 0.15) is 5.82 Å². The van der Waals surface area contributed by atoms with Gasteiger partial charge < -0.3 is 11.1 Å². The molecule has 3 N–H and O–H groups in total. The molecule has 0 aliphatic heterocycles. The number of anilines is 2. The Balaban J connectivity index is 3.33. The number of nitrogens with two attached hydrogens (primary N) is 1. The molecular weight excluding hydrogens is 154 g/mol. The van der Waals surface area contributed by atoms with Crippen LogP contribution >= 0.6 is 0 Å². The second kappa shape index (κ2) is 3.17. The highest BCUT2D eigenvalue weighted by Crippen LogP contribution is 2.26. The second-order valence-electron chi connectivity index (χ2n) is 2.26.